The van der Waals surface area contributed by atoms with Gasteiger partial charge in [-0.1, -0.05) is 0 Å². The summed E-state index contributed by atoms with van der Waals surface area (Å²) in [4.78, 5) is 23.9. The predicted octanol–water partition coefficient (Wildman–Crippen LogP) is 2.55. The fraction of sp³-hybridized carbons (Fsp3) is 0.118. The van der Waals surface area contributed by atoms with E-state index in [0.29, 0.717) is 17.1 Å². The van der Waals surface area contributed by atoms with Crippen LogP contribution in [-0.2, 0) is 4.79 Å². The van der Waals surface area contributed by atoms with Gasteiger partial charge in [0.05, 0.1) is 10.7 Å². The van der Waals surface area contributed by atoms with Gasteiger partial charge in [0, 0.05) is 11.6 Å². The molecule has 1 aromatic heterocycles. The van der Waals surface area contributed by atoms with Crippen LogP contribution in [-0.4, -0.2) is 24.0 Å². The number of carbonyl (C=O) groups is 2. The van der Waals surface area contributed by atoms with Gasteiger partial charge in [0.25, 0.3) is 5.91 Å². The second kappa shape index (κ2) is 9.34. The number of benzene rings is 1. The minimum atomic E-state index is -0.454. The van der Waals surface area contributed by atoms with Gasteiger partial charge in [0.2, 0.25) is 5.91 Å². The summed E-state index contributed by atoms with van der Waals surface area (Å²) in [6, 6.07) is 8.52. The van der Waals surface area contributed by atoms with Crippen LogP contribution in [0.25, 0.3) is 6.08 Å². The lowest BCUT2D eigenvalue weighted by Crippen LogP contribution is -2.48. The number of carbonyl (C=O) groups excluding carboxylic acids is 2. The molecule has 0 fully saturated rings. The number of furan rings is 1. The average molecular weight is 485 g/mol. The molecule has 2 rings (SSSR count). The molecule has 2 amide bonds. The highest BCUT2D eigenvalue weighted by Gasteiger charge is 2.09. The van der Waals surface area contributed by atoms with Crippen LogP contribution in [0.3, 0.4) is 0 Å². The standard InChI is InChI=1S/C17H16IN3O4S/c1-10-3-5-12(25-10)6-8-15(22)19-17(26)21-20-16(23)11-4-7-14(24-2)13(18)9-11/h3-9H,1-2H3,(H,20,23)(H2,19,21,22,26). The molecule has 0 unspecified atom stereocenters. The summed E-state index contributed by atoms with van der Waals surface area (Å²) in [5, 5.41) is 2.37. The van der Waals surface area contributed by atoms with E-state index in [9.17, 15) is 9.59 Å². The lowest BCUT2D eigenvalue weighted by Gasteiger charge is -2.10. The third-order valence-corrected chi connectivity index (χ3v) is 4.15. The quantitative estimate of drug-likeness (QED) is 0.267. The molecule has 0 saturated carbocycles. The molecule has 2 aromatic rings. The van der Waals surface area contributed by atoms with Gasteiger partial charge < -0.3 is 9.15 Å². The van der Waals surface area contributed by atoms with Gasteiger partial charge >= 0.3 is 0 Å². The van der Waals surface area contributed by atoms with Crippen molar-refractivity contribution >= 4 is 57.8 Å². The first-order valence-electron chi connectivity index (χ1n) is 7.38. The zero-order valence-corrected chi connectivity index (χ0v) is 16.9. The number of methoxy groups -OCH3 is 1. The molecule has 3 N–H and O–H groups in total. The van der Waals surface area contributed by atoms with E-state index in [2.05, 4.69) is 38.8 Å². The van der Waals surface area contributed by atoms with E-state index in [0.717, 1.165) is 9.33 Å². The third kappa shape index (κ3) is 5.85. The molecule has 0 aliphatic carbocycles. The Labute approximate surface area is 169 Å². The first kappa shape index (κ1) is 19.9. The van der Waals surface area contributed by atoms with Crippen molar-refractivity contribution in [3.63, 3.8) is 0 Å². The van der Waals surface area contributed by atoms with Gasteiger partial charge in [-0.2, -0.15) is 0 Å². The SMILES string of the molecule is COc1ccc(C(=O)NNC(=S)NC(=O)C=Cc2ccc(C)o2)cc1I. The van der Waals surface area contributed by atoms with E-state index < -0.39 is 11.8 Å². The Morgan fingerprint density at radius 2 is 2.00 bits per heavy atom. The Hall–Kier alpha value is -2.40. The molecule has 1 heterocycles. The summed E-state index contributed by atoms with van der Waals surface area (Å²) in [6.07, 6.45) is 2.79. The normalized spacial score (nSPS) is 10.4. The summed E-state index contributed by atoms with van der Waals surface area (Å²) in [5.74, 6) is 1.13. The maximum absolute atomic E-state index is 12.1. The van der Waals surface area contributed by atoms with E-state index in [-0.39, 0.29) is 5.11 Å². The van der Waals surface area contributed by atoms with Gasteiger partial charge in [-0.05, 0) is 78.1 Å². The van der Waals surface area contributed by atoms with Gasteiger partial charge in [-0.25, -0.2) is 0 Å². The van der Waals surface area contributed by atoms with E-state index in [1.807, 2.05) is 6.92 Å². The number of halogens is 1. The minimum absolute atomic E-state index is 0.0353. The molecule has 136 valence electrons. The molecular weight excluding hydrogens is 469 g/mol. The number of rotatable bonds is 4. The molecule has 0 aliphatic heterocycles. The number of ether oxygens (including phenoxy) is 1. The highest BCUT2D eigenvalue weighted by atomic mass is 127. The van der Waals surface area contributed by atoms with Crippen LogP contribution in [0.4, 0.5) is 0 Å². The Balaban J connectivity index is 1.82. The largest absolute Gasteiger partial charge is 0.496 e. The van der Waals surface area contributed by atoms with E-state index in [1.54, 1.807) is 37.4 Å². The van der Waals surface area contributed by atoms with E-state index >= 15 is 0 Å². The van der Waals surface area contributed by atoms with Crippen molar-refractivity contribution in [3.8, 4) is 5.75 Å². The monoisotopic (exact) mass is 485 g/mol. The number of hydrogen-bond acceptors (Lipinski definition) is 5. The van der Waals surface area contributed by atoms with E-state index in [1.165, 1.54) is 12.2 Å². The molecule has 26 heavy (non-hydrogen) atoms. The van der Waals surface area contributed by atoms with Crippen LogP contribution in [0.15, 0.2) is 40.8 Å². The topological polar surface area (TPSA) is 92.6 Å². The maximum Gasteiger partial charge on any atom is 0.269 e. The fourth-order valence-electron chi connectivity index (χ4n) is 1.88. The fourth-order valence-corrected chi connectivity index (χ4v) is 2.77. The van der Waals surface area contributed by atoms with Crippen molar-refractivity contribution in [2.45, 2.75) is 6.92 Å². The lowest BCUT2D eigenvalue weighted by molar-refractivity contribution is -0.115. The van der Waals surface area contributed by atoms with Crippen molar-refractivity contribution in [1.29, 1.82) is 0 Å². The highest BCUT2D eigenvalue weighted by Crippen LogP contribution is 2.21. The Morgan fingerprint density at radius 3 is 2.62 bits per heavy atom. The Morgan fingerprint density at radius 1 is 1.23 bits per heavy atom. The maximum atomic E-state index is 12.1. The predicted molar refractivity (Wildman–Crippen MR) is 110 cm³/mol. The summed E-state index contributed by atoms with van der Waals surface area (Å²) in [7, 11) is 1.56. The van der Waals surface area contributed by atoms with Gasteiger partial charge in [0.15, 0.2) is 5.11 Å². The van der Waals surface area contributed by atoms with Crippen LogP contribution < -0.4 is 20.9 Å². The van der Waals surface area contributed by atoms with Gasteiger partial charge in [-0.3, -0.25) is 25.8 Å². The van der Waals surface area contributed by atoms with Crippen LogP contribution in [0.1, 0.15) is 21.9 Å². The van der Waals surface area contributed by atoms with Crippen molar-refractivity contribution in [2.24, 2.45) is 0 Å². The zero-order chi connectivity index (χ0) is 19.1. The Bertz CT molecular complexity index is 863. The molecule has 0 spiro atoms. The van der Waals surface area contributed by atoms with E-state index in [4.69, 9.17) is 21.4 Å². The second-order valence-electron chi connectivity index (χ2n) is 5.03. The number of hydrogen-bond donors (Lipinski definition) is 3. The second-order valence-corrected chi connectivity index (χ2v) is 6.60. The zero-order valence-electron chi connectivity index (χ0n) is 14.0. The average Bonchev–Trinajstić information content (AvgIpc) is 3.03. The van der Waals surface area contributed by atoms with Crippen molar-refractivity contribution < 1.29 is 18.7 Å². The van der Waals surface area contributed by atoms with Crippen LogP contribution in [0.2, 0.25) is 0 Å². The van der Waals surface area contributed by atoms with Crippen LogP contribution in [0.5, 0.6) is 5.75 Å². The number of amides is 2. The smallest absolute Gasteiger partial charge is 0.269 e. The molecule has 0 bridgehead atoms. The van der Waals surface area contributed by atoms with Gasteiger partial charge in [-0.15, -0.1) is 0 Å². The molecular formula is C17H16IN3O4S. The molecule has 1 aromatic carbocycles. The first-order chi connectivity index (χ1) is 12.4. The molecule has 0 atom stereocenters. The number of aryl methyl sites for hydroxylation is 1. The number of nitrogens with one attached hydrogen (secondary N) is 3. The van der Waals surface area contributed by atoms with Gasteiger partial charge in [0.1, 0.15) is 17.3 Å². The molecule has 7 nitrogen and oxygen atoms in total. The molecule has 0 saturated heterocycles. The number of hydrazine groups is 1. The molecule has 9 heteroatoms. The van der Waals surface area contributed by atoms with Crippen molar-refractivity contribution in [2.75, 3.05) is 7.11 Å². The third-order valence-electron chi connectivity index (χ3n) is 3.10. The summed E-state index contributed by atoms with van der Waals surface area (Å²) in [6.45, 7) is 1.81. The minimum Gasteiger partial charge on any atom is -0.496 e. The molecule has 0 aliphatic rings. The van der Waals surface area contributed by atoms with Crippen molar-refractivity contribution in [1.82, 2.24) is 16.2 Å². The summed E-state index contributed by atoms with van der Waals surface area (Å²) in [5.41, 5.74) is 5.31. The number of thiocarbonyl (C=S) groups is 1. The van der Waals surface area contributed by atoms with Crippen molar-refractivity contribution in [3.05, 3.63) is 57.1 Å². The molecule has 0 radical (unpaired) electrons. The van der Waals surface area contributed by atoms with Crippen LogP contribution >= 0.6 is 34.8 Å². The first-order valence-corrected chi connectivity index (χ1v) is 8.87. The summed E-state index contributed by atoms with van der Waals surface area (Å²) >= 11 is 7.03. The Kier molecular flexibility index (Phi) is 7.16. The summed E-state index contributed by atoms with van der Waals surface area (Å²) < 4.78 is 11.3. The van der Waals surface area contributed by atoms with Crippen LogP contribution in [0, 0.1) is 10.5 Å². The highest BCUT2D eigenvalue weighted by molar-refractivity contribution is 14.1. The lowest BCUT2D eigenvalue weighted by atomic mass is 10.2.